The van der Waals surface area contributed by atoms with Gasteiger partial charge in [0.05, 0.1) is 6.42 Å². The van der Waals surface area contributed by atoms with Crippen LogP contribution in [0.15, 0.2) is 12.4 Å². The highest BCUT2D eigenvalue weighted by Gasteiger charge is 2.59. The van der Waals surface area contributed by atoms with Gasteiger partial charge < -0.3 is 15.0 Å². The molecule has 0 aliphatic heterocycles. The summed E-state index contributed by atoms with van der Waals surface area (Å²) in [6, 6.07) is 0. The molecule has 1 unspecified atom stereocenters. The number of nitrogens with one attached hydrogen (secondary N) is 1. The number of hydrogen-bond acceptors (Lipinski definition) is 3. The third-order valence-corrected chi connectivity index (χ3v) is 3.97. The number of hydrogen-bond donors (Lipinski definition) is 2. The molecule has 1 atom stereocenters. The lowest BCUT2D eigenvalue weighted by molar-refractivity contribution is -0.271. The minimum absolute atomic E-state index is 0.467. The molecule has 1 amide bonds. The number of amides is 1. The Morgan fingerprint density at radius 3 is 2.52 bits per heavy atom. The highest BCUT2D eigenvalue weighted by atomic mass is 19.4. The quantitative estimate of drug-likeness (QED) is 0.888. The number of aliphatic hydroxyl groups is 1. The van der Waals surface area contributed by atoms with E-state index in [2.05, 4.69) is 10.3 Å². The monoisotopic (exact) mass is 305 g/mol. The first-order chi connectivity index (χ1) is 9.57. The van der Waals surface area contributed by atoms with Crippen molar-refractivity contribution < 1.29 is 23.1 Å². The predicted molar refractivity (Wildman–Crippen MR) is 68.2 cm³/mol. The third kappa shape index (κ3) is 2.90. The van der Waals surface area contributed by atoms with Crippen LogP contribution in [0.4, 0.5) is 13.2 Å². The van der Waals surface area contributed by atoms with Gasteiger partial charge in [-0.15, -0.1) is 0 Å². The van der Waals surface area contributed by atoms with E-state index in [0.29, 0.717) is 0 Å². The van der Waals surface area contributed by atoms with Gasteiger partial charge in [-0.3, -0.25) is 4.79 Å². The van der Waals surface area contributed by atoms with E-state index in [-0.39, 0.29) is 0 Å². The van der Waals surface area contributed by atoms with Crippen molar-refractivity contribution >= 4 is 5.91 Å². The Hall–Kier alpha value is -1.57. The Kier molecular flexibility index (Phi) is 3.77. The molecule has 0 aromatic carbocycles. The SMILES string of the molecule is Cn1ccnc1C(O)(CC(=O)NC1(C)CCC1)C(F)(F)F. The molecule has 1 fully saturated rings. The Morgan fingerprint density at radius 2 is 2.14 bits per heavy atom. The average Bonchev–Trinajstić information content (AvgIpc) is 2.72. The minimum atomic E-state index is -5.00. The molecule has 1 aromatic heterocycles. The lowest BCUT2D eigenvalue weighted by Gasteiger charge is -2.40. The normalized spacial score (nSPS) is 20.5. The molecule has 21 heavy (non-hydrogen) atoms. The van der Waals surface area contributed by atoms with E-state index >= 15 is 0 Å². The summed E-state index contributed by atoms with van der Waals surface area (Å²) in [7, 11) is 1.34. The number of halogens is 3. The number of alkyl halides is 3. The molecular weight excluding hydrogens is 287 g/mol. The van der Waals surface area contributed by atoms with Gasteiger partial charge in [0.2, 0.25) is 11.5 Å². The van der Waals surface area contributed by atoms with Crippen molar-refractivity contribution in [3.8, 4) is 0 Å². The molecular formula is C13H18F3N3O2. The molecule has 8 heteroatoms. The zero-order valence-corrected chi connectivity index (χ0v) is 11.9. The topological polar surface area (TPSA) is 67.1 Å². The van der Waals surface area contributed by atoms with Crippen LogP contribution < -0.4 is 5.32 Å². The van der Waals surface area contributed by atoms with E-state index in [0.717, 1.165) is 30.0 Å². The van der Waals surface area contributed by atoms with Crippen molar-refractivity contribution in [3.63, 3.8) is 0 Å². The first-order valence-corrected chi connectivity index (χ1v) is 6.65. The van der Waals surface area contributed by atoms with E-state index in [9.17, 15) is 23.1 Å². The van der Waals surface area contributed by atoms with Gasteiger partial charge in [0.1, 0.15) is 0 Å². The summed E-state index contributed by atoms with van der Waals surface area (Å²) in [5, 5.41) is 12.6. The van der Waals surface area contributed by atoms with Gasteiger partial charge >= 0.3 is 6.18 Å². The summed E-state index contributed by atoms with van der Waals surface area (Å²) in [5.74, 6) is -1.43. The van der Waals surface area contributed by atoms with Crippen molar-refractivity contribution in [1.82, 2.24) is 14.9 Å². The molecule has 2 rings (SSSR count). The maximum atomic E-state index is 13.3. The maximum absolute atomic E-state index is 13.3. The highest BCUT2D eigenvalue weighted by Crippen LogP contribution is 2.41. The van der Waals surface area contributed by atoms with E-state index in [1.807, 2.05) is 0 Å². The second-order valence-corrected chi connectivity index (χ2v) is 5.86. The van der Waals surface area contributed by atoms with Crippen molar-refractivity contribution in [2.45, 2.75) is 49.9 Å². The number of carbonyl (C=O) groups excluding carboxylic acids is 1. The van der Waals surface area contributed by atoms with Crippen LogP contribution in [-0.4, -0.2) is 32.3 Å². The summed E-state index contributed by atoms with van der Waals surface area (Å²) < 4.78 is 40.8. The van der Waals surface area contributed by atoms with Gasteiger partial charge in [-0.25, -0.2) is 4.98 Å². The summed E-state index contributed by atoms with van der Waals surface area (Å²) in [5.41, 5.74) is -3.76. The molecule has 1 aromatic rings. The average molecular weight is 305 g/mol. The van der Waals surface area contributed by atoms with Gasteiger partial charge in [0.15, 0.2) is 5.82 Å². The van der Waals surface area contributed by atoms with Crippen LogP contribution in [0.5, 0.6) is 0 Å². The molecule has 1 aliphatic carbocycles. The molecule has 0 radical (unpaired) electrons. The van der Waals surface area contributed by atoms with Gasteiger partial charge in [-0.1, -0.05) is 0 Å². The zero-order chi connectivity index (χ0) is 15.9. The van der Waals surface area contributed by atoms with Crippen LogP contribution in [0.25, 0.3) is 0 Å². The third-order valence-electron chi connectivity index (χ3n) is 3.97. The van der Waals surface area contributed by atoms with Gasteiger partial charge in [0.25, 0.3) is 0 Å². The number of aromatic nitrogens is 2. The smallest absolute Gasteiger partial charge is 0.374 e. The van der Waals surface area contributed by atoms with Crippen LogP contribution in [-0.2, 0) is 17.4 Å². The summed E-state index contributed by atoms with van der Waals surface area (Å²) in [4.78, 5) is 15.5. The van der Waals surface area contributed by atoms with Gasteiger partial charge in [-0.05, 0) is 26.2 Å². The first kappa shape index (κ1) is 15.8. The second kappa shape index (κ2) is 5.01. The Balaban J connectivity index is 2.22. The number of aryl methyl sites for hydroxylation is 1. The standard InChI is InChI=1S/C13H18F3N3O2/c1-11(4-3-5-11)18-9(20)8-12(21,13(14,15)16)10-17-6-7-19(10)2/h6-7,21H,3-5,8H2,1-2H3,(H,18,20). The summed E-state index contributed by atoms with van der Waals surface area (Å²) in [6.45, 7) is 1.78. The number of carbonyl (C=O) groups is 1. The Labute approximate surface area is 120 Å². The fourth-order valence-corrected chi connectivity index (χ4v) is 2.52. The minimum Gasteiger partial charge on any atom is -0.374 e. The molecule has 0 spiro atoms. The fourth-order valence-electron chi connectivity index (χ4n) is 2.52. The van der Waals surface area contributed by atoms with Crippen molar-refractivity contribution in [2.75, 3.05) is 0 Å². The Morgan fingerprint density at radius 1 is 1.52 bits per heavy atom. The number of imidazole rings is 1. The van der Waals surface area contributed by atoms with Crippen molar-refractivity contribution in [3.05, 3.63) is 18.2 Å². The molecule has 5 nitrogen and oxygen atoms in total. The van der Waals surface area contributed by atoms with E-state index < -0.39 is 35.5 Å². The Bertz CT molecular complexity index is 537. The molecule has 2 N–H and O–H groups in total. The lowest BCUT2D eigenvalue weighted by atomic mass is 9.78. The van der Waals surface area contributed by atoms with Gasteiger partial charge in [-0.2, -0.15) is 13.2 Å². The van der Waals surface area contributed by atoms with Crippen LogP contribution in [0.1, 0.15) is 38.4 Å². The molecule has 1 heterocycles. The first-order valence-electron chi connectivity index (χ1n) is 6.65. The van der Waals surface area contributed by atoms with Gasteiger partial charge in [0, 0.05) is 25.0 Å². The van der Waals surface area contributed by atoms with Crippen LogP contribution in [0.3, 0.4) is 0 Å². The van der Waals surface area contributed by atoms with E-state index in [1.54, 1.807) is 6.92 Å². The fraction of sp³-hybridized carbons (Fsp3) is 0.692. The van der Waals surface area contributed by atoms with Crippen LogP contribution in [0, 0.1) is 0 Å². The highest BCUT2D eigenvalue weighted by molar-refractivity contribution is 5.78. The lowest BCUT2D eigenvalue weighted by Crippen LogP contribution is -2.54. The molecule has 118 valence electrons. The summed E-state index contributed by atoms with van der Waals surface area (Å²) in [6.07, 6.45) is -1.27. The molecule has 1 aliphatic rings. The number of nitrogens with zero attached hydrogens (tertiary/aromatic N) is 2. The molecule has 0 saturated heterocycles. The second-order valence-electron chi connectivity index (χ2n) is 5.86. The van der Waals surface area contributed by atoms with Crippen LogP contribution in [0.2, 0.25) is 0 Å². The largest absolute Gasteiger partial charge is 0.425 e. The van der Waals surface area contributed by atoms with Crippen molar-refractivity contribution in [2.24, 2.45) is 7.05 Å². The van der Waals surface area contributed by atoms with E-state index in [4.69, 9.17) is 0 Å². The maximum Gasteiger partial charge on any atom is 0.425 e. The van der Waals surface area contributed by atoms with E-state index in [1.165, 1.54) is 13.2 Å². The van der Waals surface area contributed by atoms with Crippen LogP contribution >= 0.6 is 0 Å². The predicted octanol–water partition coefficient (Wildman–Crippen LogP) is 1.62. The molecule has 0 bridgehead atoms. The van der Waals surface area contributed by atoms with Crippen molar-refractivity contribution in [1.29, 1.82) is 0 Å². The summed E-state index contributed by atoms with van der Waals surface area (Å²) >= 11 is 0. The zero-order valence-electron chi connectivity index (χ0n) is 11.9. The molecule has 1 saturated carbocycles. The number of rotatable bonds is 4.